The van der Waals surface area contributed by atoms with Gasteiger partial charge in [0.05, 0.1) is 6.04 Å². The molecule has 2 aliphatic heterocycles. The van der Waals surface area contributed by atoms with Crippen LogP contribution in [0.1, 0.15) is 22.7 Å². The minimum atomic E-state index is -0.486. The van der Waals surface area contributed by atoms with Gasteiger partial charge in [0.15, 0.2) is 0 Å². The molecule has 5 nitrogen and oxygen atoms in total. The topological polar surface area (TPSA) is 47.6 Å². The number of carbonyl (C=O) groups is 1. The van der Waals surface area contributed by atoms with E-state index in [9.17, 15) is 9.18 Å². The molecule has 1 amide bonds. The highest BCUT2D eigenvalue weighted by Gasteiger charge is 2.31. The van der Waals surface area contributed by atoms with Gasteiger partial charge < -0.3 is 20.4 Å². The van der Waals surface area contributed by atoms with Crippen LogP contribution in [0.25, 0.3) is 0 Å². The quantitative estimate of drug-likeness (QED) is 0.617. The zero-order valence-electron chi connectivity index (χ0n) is 19.0. The molecule has 0 spiro atoms. The molecular formula is C27H29FN4O. The van der Waals surface area contributed by atoms with Crippen molar-refractivity contribution in [3.05, 3.63) is 89.2 Å². The molecule has 2 unspecified atom stereocenters. The number of benzene rings is 3. The molecule has 33 heavy (non-hydrogen) atoms. The number of likely N-dealkylation sites (N-methyl/N-ethyl adjacent to an activating group) is 1. The van der Waals surface area contributed by atoms with Crippen LogP contribution < -0.4 is 15.5 Å². The van der Waals surface area contributed by atoms with Crippen LogP contribution in [0, 0.1) is 12.7 Å². The van der Waals surface area contributed by atoms with Gasteiger partial charge >= 0.3 is 0 Å². The maximum absolute atomic E-state index is 14.2. The summed E-state index contributed by atoms with van der Waals surface area (Å²) in [5.74, 6) is -0.414. The van der Waals surface area contributed by atoms with E-state index in [1.165, 1.54) is 11.6 Å². The molecule has 170 valence electrons. The molecule has 2 N–H and O–H groups in total. The Labute approximate surface area is 194 Å². The first-order valence-corrected chi connectivity index (χ1v) is 11.4. The van der Waals surface area contributed by atoms with Crippen molar-refractivity contribution in [1.82, 2.24) is 4.90 Å². The first-order valence-electron chi connectivity index (χ1n) is 11.4. The van der Waals surface area contributed by atoms with Gasteiger partial charge in [0, 0.05) is 48.7 Å². The molecule has 6 heteroatoms. The largest absolute Gasteiger partial charge is 0.373 e. The number of carbonyl (C=O) groups excluding carboxylic acids is 1. The number of fused-ring (bicyclic) bond motifs is 1. The first kappa shape index (κ1) is 21.5. The number of nitrogens with one attached hydrogen (secondary N) is 2. The molecule has 3 aromatic rings. The van der Waals surface area contributed by atoms with Crippen LogP contribution in [-0.4, -0.2) is 43.5 Å². The number of hydrogen-bond acceptors (Lipinski definition) is 4. The van der Waals surface area contributed by atoms with Crippen molar-refractivity contribution in [1.29, 1.82) is 0 Å². The van der Waals surface area contributed by atoms with Crippen molar-refractivity contribution in [2.24, 2.45) is 0 Å². The first-order chi connectivity index (χ1) is 16.0. The summed E-state index contributed by atoms with van der Waals surface area (Å²) in [6, 6.07) is 21.5. The van der Waals surface area contributed by atoms with E-state index < -0.39 is 6.04 Å². The van der Waals surface area contributed by atoms with Gasteiger partial charge in [-0.15, -0.1) is 0 Å². The molecule has 0 aliphatic carbocycles. The highest BCUT2D eigenvalue weighted by Crippen LogP contribution is 2.33. The lowest BCUT2D eigenvalue weighted by Crippen LogP contribution is -2.47. The molecule has 0 saturated carbocycles. The van der Waals surface area contributed by atoms with E-state index in [-0.39, 0.29) is 17.8 Å². The van der Waals surface area contributed by atoms with Crippen LogP contribution in [-0.2, 0) is 11.2 Å². The fourth-order valence-corrected chi connectivity index (χ4v) is 4.91. The predicted molar refractivity (Wildman–Crippen MR) is 131 cm³/mol. The minimum Gasteiger partial charge on any atom is -0.373 e. The van der Waals surface area contributed by atoms with E-state index in [4.69, 9.17) is 0 Å². The highest BCUT2D eigenvalue weighted by atomic mass is 19.1. The van der Waals surface area contributed by atoms with Crippen LogP contribution in [0.2, 0.25) is 0 Å². The van der Waals surface area contributed by atoms with Gasteiger partial charge in [-0.2, -0.15) is 0 Å². The van der Waals surface area contributed by atoms with Gasteiger partial charge in [-0.1, -0.05) is 42.5 Å². The third-order valence-electron chi connectivity index (χ3n) is 6.72. The lowest BCUT2D eigenvalue weighted by atomic mass is 10.0. The number of rotatable bonds is 4. The van der Waals surface area contributed by atoms with E-state index in [1.54, 1.807) is 6.07 Å². The lowest BCUT2D eigenvalue weighted by molar-refractivity contribution is -0.116. The smallest absolute Gasteiger partial charge is 0.247 e. The Morgan fingerprint density at radius 2 is 1.88 bits per heavy atom. The molecule has 5 rings (SSSR count). The molecule has 1 fully saturated rings. The SMILES string of the molecule is Cc1ccc(F)c2c1NC(C(=O)Nc1cccc(N3CCN(C)CC3c3ccccc3)c1)C2. The number of aryl methyl sites for hydroxylation is 1. The second-order valence-corrected chi connectivity index (χ2v) is 9.04. The predicted octanol–water partition coefficient (Wildman–Crippen LogP) is 4.60. The second kappa shape index (κ2) is 8.87. The second-order valence-electron chi connectivity index (χ2n) is 9.04. The fraction of sp³-hybridized carbons (Fsp3) is 0.296. The number of piperazine rings is 1. The summed E-state index contributed by atoms with van der Waals surface area (Å²) in [6.45, 7) is 4.75. The Bertz CT molecular complexity index is 1140. The van der Waals surface area contributed by atoms with Gasteiger partial charge in [0.25, 0.3) is 0 Å². The van der Waals surface area contributed by atoms with Crippen molar-refractivity contribution in [2.75, 3.05) is 42.2 Å². The number of nitrogens with zero attached hydrogens (tertiary/aromatic N) is 2. The van der Waals surface area contributed by atoms with E-state index in [2.05, 4.69) is 57.8 Å². The summed E-state index contributed by atoms with van der Waals surface area (Å²) >= 11 is 0. The summed E-state index contributed by atoms with van der Waals surface area (Å²) in [5.41, 5.74) is 5.39. The average Bonchev–Trinajstić information content (AvgIpc) is 3.29. The van der Waals surface area contributed by atoms with Crippen LogP contribution in [0.3, 0.4) is 0 Å². The third kappa shape index (κ3) is 4.31. The minimum absolute atomic E-state index is 0.153. The van der Waals surface area contributed by atoms with E-state index in [0.717, 1.165) is 42.3 Å². The normalized spacial score (nSPS) is 20.3. The Kier molecular flexibility index (Phi) is 5.77. The summed E-state index contributed by atoms with van der Waals surface area (Å²) in [4.78, 5) is 17.8. The summed E-state index contributed by atoms with van der Waals surface area (Å²) in [6.07, 6.45) is 0.350. The number of hydrogen-bond donors (Lipinski definition) is 2. The zero-order chi connectivity index (χ0) is 22.9. The van der Waals surface area contributed by atoms with Crippen molar-refractivity contribution in [3.8, 4) is 0 Å². The Morgan fingerprint density at radius 1 is 1.06 bits per heavy atom. The van der Waals surface area contributed by atoms with Gasteiger partial charge in [-0.05, 0) is 49.4 Å². The maximum Gasteiger partial charge on any atom is 0.247 e. The van der Waals surface area contributed by atoms with Crippen LogP contribution in [0.4, 0.5) is 21.5 Å². The summed E-state index contributed by atoms with van der Waals surface area (Å²) in [5, 5.41) is 6.25. The molecule has 2 heterocycles. The zero-order valence-corrected chi connectivity index (χ0v) is 19.0. The Hall–Kier alpha value is -3.38. The van der Waals surface area contributed by atoms with Crippen LogP contribution in [0.15, 0.2) is 66.7 Å². The van der Waals surface area contributed by atoms with Crippen molar-refractivity contribution >= 4 is 23.0 Å². The van der Waals surface area contributed by atoms with E-state index in [1.807, 2.05) is 31.2 Å². The molecule has 2 atom stereocenters. The van der Waals surface area contributed by atoms with Crippen LogP contribution >= 0.6 is 0 Å². The van der Waals surface area contributed by atoms with Gasteiger partial charge in [-0.3, -0.25) is 4.79 Å². The molecule has 2 aliphatic rings. The van der Waals surface area contributed by atoms with E-state index in [0.29, 0.717) is 12.0 Å². The van der Waals surface area contributed by atoms with E-state index >= 15 is 0 Å². The molecular weight excluding hydrogens is 415 g/mol. The standard InChI is InChI=1S/C27H29FN4O/c1-18-11-12-23(28)22-16-24(30-26(18)22)27(33)29-20-9-6-10-21(15-20)32-14-13-31(2)17-25(32)19-7-4-3-5-8-19/h3-12,15,24-25,30H,13-14,16-17H2,1-2H3,(H,29,33). The molecule has 0 radical (unpaired) electrons. The van der Waals surface area contributed by atoms with Gasteiger partial charge in [-0.25, -0.2) is 4.39 Å². The fourth-order valence-electron chi connectivity index (χ4n) is 4.91. The Balaban J connectivity index is 1.34. The third-order valence-corrected chi connectivity index (χ3v) is 6.72. The van der Waals surface area contributed by atoms with Crippen molar-refractivity contribution in [2.45, 2.75) is 25.4 Å². The average molecular weight is 445 g/mol. The molecule has 3 aromatic carbocycles. The molecule has 0 aromatic heterocycles. The highest BCUT2D eigenvalue weighted by molar-refractivity contribution is 5.98. The maximum atomic E-state index is 14.2. The van der Waals surface area contributed by atoms with Crippen LogP contribution in [0.5, 0.6) is 0 Å². The molecule has 0 bridgehead atoms. The summed E-state index contributed by atoms with van der Waals surface area (Å²) < 4.78 is 14.2. The van der Waals surface area contributed by atoms with Crippen molar-refractivity contribution < 1.29 is 9.18 Å². The van der Waals surface area contributed by atoms with Gasteiger partial charge in [0.2, 0.25) is 5.91 Å². The van der Waals surface area contributed by atoms with Gasteiger partial charge in [0.1, 0.15) is 11.9 Å². The van der Waals surface area contributed by atoms with Crippen molar-refractivity contribution in [3.63, 3.8) is 0 Å². The Morgan fingerprint density at radius 3 is 2.67 bits per heavy atom. The number of amides is 1. The number of anilines is 3. The molecule has 1 saturated heterocycles. The monoisotopic (exact) mass is 444 g/mol. The lowest BCUT2D eigenvalue weighted by Gasteiger charge is -2.42. The number of halogens is 1. The summed E-state index contributed by atoms with van der Waals surface area (Å²) in [7, 11) is 2.15.